The Bertz CT molecular complexity index is 1040. The number of fused-ring (bicyclic) bond motifs is 1. The number of amides is 1. The van der Waals surface area contributed by atoms with Gasteiger partial charge in [0.25, 0.3) is 10.0 Å². The molecule has 1 aromatic carbocycles. The van der Waals surface area contributed by atoms with Crippen molar-refractivity contribution in [3.8, 4) is 0 Å². The first-order valence-electron chi connectivity index (χ1n) is 9.37. The summed E-state index contributed by atoms with van der Waals surface area (Å²) in [6, 6.07) is 7.03. The maximum absolute atomic E-state index is 13.1. The Hall–Kier alpha value is -2.39. The molecular weight excluding hydrogens is 412 g/mol. The topological polar surface area (TPSA) is 92.8 Å². The summed E-state index contributed by atoms with van der Waals surface area (Å²) in [5, 5.41) is 0. The molecule has 156 valence electrons. The van der Waals surface area contributed by atoms with E-state index in [2.05, 4.69) is 4.72 Å². The summed E-state index contributed by atoms with van der Waals surface area (Å²) in [6.07, 6.45) is 1.62. The van der Waals surface area contributed by atoms with Crippen LogP contribution < -0.4 is 4.72 Å². The minimum Gasteiger partial charge on any atom is -0.465 e. The van der Waals surface area contributed by atoms with Gasteiger partial charge in [0.1, 0.15) is 0 Å². The van der Waals surface area contributed by atoms with Crippen LogP contribution in [0.1, 0.15) is 46.1 Å². The molecule has 1 aromatic heterocycles. The van der Waals surface area contributed by atoms with E-state index in [4.69, 9.17) is 4.74 Å². The lowest BCUT2D eigenvalue weighted by molar-refractivity contribution is -0.132. The van der Waals surface area contributed by atoms with Gasteiger partial charge in [0.15, 0.2) is 4.21 Å². The minimum atomic E-state index is -4.00. The summed E-state index contributed by atoms with van der Waals surface area (Å²) in [5.74, 6) is -0.644. The molecule has 0 radical (unpaired) electrons. The lowest BCUT2D eigenvalue weighted by Gasteiger charge is -2.27. The van der Waals surface area contributed by atoms with Crippen molar-refractivity contribution >= 4 is 38.9 Å². The number of para-hydroxylation sites is 1. The largest absolute Gasteiger partial charge is 0.465 e. The SMILES string of the molecule is CCCC(=O)N1CCc2c(sc(S(=O)(=O)Nc3ccccc3C)c2C(=O)OC)C1. The van der Waals surface area contributed by atoms with Gasteiger partial charge in [-0.25, -0.2) is 13.2 Å². The fourth-order valence-electron chi connectivity index (χ4n) is 3.34. The number of sulfonamides is 1. The van der Waals surface area contributed by atoms with E-state index in [9.17, 15) is 18.0 Å². The number of thiophene rings is 1. The van der Waals surface area contributed by atoms with E-state index in [1.165, 1.54) is 7.11 Å². The second kappa shape index (κ2) is 8.54. The first kappa shape index (κ1) is 21.3. The Balaban J connectivity index is 2.02. The standard InChI is InChI=1S/C20H24N2O5S2/c1-4-7-17(23)22-11-10-14-16(12-22)28-20(18(14)19(24)27-3)29(25,26)21-15-9-6-5-8-13(15)2/h5-6,8-9,21H,4,7,10-12H2,1-3H3. The third kappa shape index (κ3) is 4.30. The van der Waals surface area contributed by atoms with Crippen LogP contribution in [0, 0.1) is 6.92 Å². The number of ether oxygens (including phenoxy) is 1. The van der Waals surface area contributed by atoms with Crippen molar-refractivity contribution in [3.05, 3.63) is 45.8 Å². The Morgan fingerprint density at radius 2 is 2.00 bits per heavy atom. The van der Waals surface area contributed by atoms with Gasteiger partial charge in [0.05, 0.1) is 24.9 Å². The van der Waals surface area contributed by atoms with Crippen molar-refractivity contribution in [3.63, 3.8) is 0 Å². The number of aryl methyl sites for hydroxylation is 1. The van der Waals surface area contributed by atoms with Crippen molar-refractivity contribution in [1.29, 1.82) is 0 Å². The van der Waals surface area contributed by atoms with Gasteiger partial charge in [0.2, 0.25) is 5.91 Å². The van der Waals surface area contributed by atoms with Gasteiger partial charge in [0, 0.05) is 17.8 Å². The van der Waals surface area contributed by atoms with Gasteiger partial charge in [-0.15, -0.1) is 11.3 Å². The van der Waals surface area contributed by atoms with E-state index in [1.807, 2.05) is 13.0 Å². The van der Waals surface area contributed by atoms with Crippen molar-refractivity contribution in [2.24, 2.45) is 0 Å². The van der Waals surface area contributed by atoms with Gasteiger partial charge in [-0.3, -0.25) is 9.52 Å². The molecular formula is C20H24N2O5S2. The predicted molar refractivity (Wildman–Crippen MR) is 112 cm³/mol. The number of nitrogens with one attached hydrogen (secondary N) is 1. The third-order valence-electron chi connectivity index (χ3n) is 4.86. The highest BCUT2D eigenvalue weighted by Gasteiger charge is 2.35. The zero-order valence-electron chi connectivity index (χ0n) is 16.6. The molecule has 0 bridgehead atoms. The Labute approximate surface area is 174 Å². The number of anilines is 1. The second-order valence-electron chi connectivity index (χ2n) is 6.89. The maximum Gasteiger partial charge on any atom is 0.340 e. The monoisotopic (exact) mass is 436 g/mol. The van der Waals surface area contributed by atoms with Gasteiger partial charge < -0.3 is 9.64 Å². The molecule has 0 aliphatic carbocycles. The van der Waals surface area contributed by atoms with Crippen LogP contribution in [0.2, 0.25) is 0 Å². The number of carbonyl (C=O) groups excluding carboxylic acids is 2. The molecule has 7 nitrogen and oxygen atoms in total. The number of benzene rings is 1. The lowest BCUT2D eigenvalue weighted by atomic mass is 10.0. The van der Waals surface area contributed by atoms with Crippen LogP contribution in [0.15, 0.2) is 28.5 Å². The molecule has 1 N–H and O–H groups in total. The molecule has 1 aliphatic heterocycles. The highest BCUT2D eigenvalue weighted by molar-refractivity contribution is 7.94. The van der Waals surface area contributed by atoms with Crippen molar-refractivity contribution in [2.45, 2.75) is 43.9 Å². The van der Waals surface area contributed by atoms with E-state index in [0.29, 0.717) is 42.1 Å². The number of esters is 1. The summed E-state index contributed by atoms with van der Waals surface area (Å²) in [7, 11) is -2.77. The van der Waals surface area contributed by atoms with Crippen LogP contribution in [-0.2, 0) is 32.5 Å². The first-order chi connectivity index (χ1) is 13.8. The van der Waals surface area contributed by atoms with Gasteiger partial charge in [-0.1, -0.05) is 25.1 Å². The van der Waals surface area contributed by atoms with Gasteiger partial charge >= 0.3 is 5.97 Å². The normalized spacial score (nSPS) is 13.7. The van der Waals surface area contributed by atoms with Crippen LogP contribution in [0.25, 0.3) is 0 Å². The number of nitrogens with zero attached hydrogens (tertiary/aromatic N) is 1. The Morgan fingerprint density at radius 3 is 2.66 bits per heavy atom. The summed E-state index contributed by atoms with van der Waals surface area (Å²) < 4.78 is 33.7. The van der Waals surface area contributed by atoms with E-state index < -0.39 is 16.0 Å². The lowest BCUT2D eigenvalue weighted by Crippen LogP contribution is -2.35. The van der Waals surface area contributed by atoms with Crippen molar-refractivity contribution < 1.29 is 22.7 Å². The van der Waals surface area contributed by atoms with Crippen molar-refractivity contribution in [2.75, 3.05) is 18.4 Å². The molecule has 29 heavy (non-hydrogen) atoms. The van der Waals surface area contributed by atoms with Crippen LogP contribution >= 0.6 is 11.3 Å². The molecule has 2 heterocycles. The Morgan fingerprint density at radius 1 is 1.28 bits per heavy atom. The van der Waals surface area contributed by atoms with E-state index in [1.54, 1.807) is 30.0 Å². The van der Waals surface area contributed by atoms with E-state index in [0.717, 1.165) is 23.3 Å². The molecule has 0 atom stereocenters. The average molecular weight is 437 g/mol. The summed E-state index contributed by atoms with van der Waals surface area (Å²) in [4.78, 5) is 27.2. The molecule has 9 heteroatoms. The van der Waals surface area contributed by atoms with Gasteiger partial charge in [-0.2, -0.15) is 0 Å². The zero-order chi connectivity index (χ0) is 21.2. The molecule has 0 spiro atoms. The fourth-order valence-corrected chi connectivity index (χ4v) is 6.37. The minimum absolute atomic E-state index is 0.0358. The van der Waals surface area contributed by atoms with Gasteiger partial charge in [-0.05, 0) is 37.0 Å². The smallest absolute Gasteiger partial charge is 0.340 e. The molecule has 0 unspecified atom stereocenters. The van der Waals surface area contributed by atoms with Crippen LogP contribution in [0.4, 0.5) is 5.69 Å². The highest BCUT2D eigenvalue weighted by Crippen LogP contribution is 2.37. The van der Waals surface area contributed by atoms with Crippen LogP contribution in [0.5, 0.6) is 0 Å². The fraction of sp³-hybridized carbons (Fsp3) is 0.400. The van der Waals surface area contributed by atoms with Crippen LogP contribution in [-0.4, -0.2) is 38.8 Å². The molecule has 1 amide bonds. The summed E-state index contributed by atoms with van der Waals surface area (Å²) in [6.45, 7) is 4.51. The average Bonchev–Trinajstić information content (AvgIpc) is 3.09. The number of hydrogen-bond donors (Lipinski definition) is 1. The van der Waals surface area contributed by atoms with E-state index >= 15 is 0 Å². The number of rotatable bonds is 6. The number of hydrogen-bond acceptors (Lipinski definition) is 6. The quantitative estimate of drug-likeness (QED) is 0.701. The molecule has 0 saturated carbocycles. The number of methoxy groups -OCH3 is 1. The van der Waals surface area contributed by atoms with Crippen molar-refractivity contribution in [1.82, 2.24) is 4.90 Å². The first-order valence-corrected chi connectivity index (χ1v) is 11.7. The maximum atomic E-state index is 13.1. The molecule has 3 rings (SSSR count). The molecule has 0 saturated heterocycles. The zero-order valence-corrected chi connectivity index (χ0v) is 18.3. The molecule has 2 aromatic rings. The second-order valence-corrected chi connectivity index (χ2v) is 9.88. The summed E-state index contributed by atoms with van der Waals surface area (Å²) >= 11 is 1.03. The van der Waals surface area contributed by atoms with Crippen LogP contribution in [0.3, 0.4) is 0 Å². The predicted octanol–water partition coefficient (Wildman–Crippen LogP) is 3.33. The number of carbonyl (C=O) groups is 2. The molecule has 1 aliphatic rings. The highest BCUT2D eigenvalue weighted by atomic mass is 32.2. The van der Waals surface area contributed by atoms with E-state index in [-0.39, 0.29) is 15.7 Å². The molecule has 0 fully saturated rings. The third-order valence-corrected chi connectivity index (χ3v) is 7.96. The Kier molecular flexibility index (Phi) is 6.28. The summed E-state index contributed by atoms with van der Waals surface area (Å²) in [5.41, 5.74) is 1.96.